The van der Waals surface area contributed by atoms with Crippen molar-refractivity contribution in [1.82, 2.24) is 10.2 Å². The molecule has 1 aliphatic rings. The maximum atomic E-state index is 12.6. The molecule has 0 saturated carbocycles. The third kappa shape index (κ3) is 4.66. The van der Waals surface area contributed by atoms with E-state index in [1.165, 1.54) is 18.9 Å². The van der Waals surface area contributed by atoms with Crippen LogP contribution in [0.15, 0.2) is 18.2 Å². The largest absolute Gasteiger partial charge is 0.467 e. The van der Waals surface area contributed by atoms with Gasteiger partial charge in [-0.1, -0.05) is 29.3 Å². The van der Waals surface area contributed by atoms with Gasteiger partial charge in [0.1, 0.15) is 12.1 Å². The summed E-state index contributed by atoms with van der Waals surface area (Å²) in [4.78, 5) is 37.7. The number of esters is 1. The van der Waals surface area contributed by atoms with E-state index >= 15 is 0 Å². The number of nitrogens with zero attached hydrogens (tertiary/aromatic N) is 1. The van der Waals surface area contributed by atoms with Crippen LogP contribution in [0.2, 0.25) is 10.0 Å². The molecule has 142 valence electrons. The smallest absolute Gasteiger partial charge is 0.328 e. The lowest BCUT2D eigenvalue weighted by molar-refractivity contribution is -0.146. The summed E-state index contributed by atoms with van der Waals surface area (Å²) in [5, 5.41) is 13.1. The molecule has 9 heteroatoms. The highest BCUT2D eigenvalue weighted by Crippen LogP contribution is 2.26. The van der Waals surface area contributed by atoms with E-state index < -0.39 is 30.1 Å². The van der Waals surface area contributed by atoms with Gasteiger partial charge in [-0.2, -0.15) is 0 Å². The van der Waals surface area contributed by atoms with Gasteiger partial charge in [0.2, 0.25) is 11.8 Å². The minimum absolute atomic E-state index is 0.0340. The van der Waals surface area contributed by atoms with Crippen LogP contribution in [-0.4, -0.2) is 59.6 Å². The number of β-amino-alcohol motifs (C(OH)–C–C–N with tert-alkyl or cyclic N) is 1. The van der Waals surface area contributed by atoms with Gasteiger partial charge in [-0.05, 0) is 17.7 Å². The van der Waals surface area contributed by atoms with Gasteiger partial charge in [-0.3, -0.25) is 9.59 Å². The summed E-state index contributed by atoms with van der Waals surface area (Å²) < 4.78 is 4.75. The molecule has 1 aromatic rings. The first-order chi connectivity index (χ1) is 12.2. The van der Waals surface area contributed by atoms with E-state index in [1.54, 1.807) is 18.2 Å². The summed E-state index contributed by atoms with van der Waals surface area (Å²) in [6.07, 6.45) is -0.650. The first-order valence-electron chi connectivity index (χ1n) is 8.01. The monoisotopic (exact) mass is 402 g/mol. The summed E-state index contributed by atoms with van der Waals surface area (Å²) in [6.45, 7) is 1.40. The van der Waals surface area contributed by atoms with Crippen LogP contribution in [-0.2, 0) is 25.5 Å². The summed E-state index contributed by atoms with van der Waals surface area (Å²) in [7, 11) is 1.21. The number of rotatable bonds is 5. The number of ether oxygens (including phenoxy) is 1. The van der Waals surface area contributed by atoms with E-state index in [1.807, 2.05) is 0 Å². The second kappa shape index (κ2) is 8.70. The standard InChI is InChI=1S/C17H20Cl2N2O5/c1-9(22)21-8-10(23)6-15(21)16(24)20-14(17(25)26-2)7-11-12(18)4-3-5-13(11)19/h3-5,10,14-15,23H,6-8H2,1-2H3,(H,20,24)/t10-,14-,15+/m1/s1. The number of amides is 2. The van der Waals surface area contributed by atoms with Gasteiger partial charge in [0, 0.05) is 36.4 Å². The molecule has 26 heavy (non-hydrogen) atoms. The highest BCUT2D eigenvalue weighted by Gasteiger charge is 2.39. The van der Waals surface area contributed by atoms with Crippen LogP contribution < -0.4 is 5.32 Å². The number of hydrogen-bond donors (Lipinski definition) is 2. The number of aliphatic hydroxyl groups excluding tert-OH is 1. The molecule has 7 nitrogen and oxygen atoms in total. The second-order valence-electron chi connectivity index (χ2n) is 6.07. The fourth-order valence-electron chi connectivity index (χ4n) is 2.95. The number of carbonyl (C=O) groups excluding carboxylic acids is 3. The zero-order valence-corrected chi connectivity index (χ0v) is 15.9. The number of halogens is 2. The van der Waals surface area contributed by atoms with Crippen molar-refractivity contribution in [2.24, 2.45) is 0 Å². The van der Waals surface area contributed by atoms with Crippen molar-refractivity contribution < 1.29 is 24.2 Å². The van der Waals surface area contributed by atoms with E-state index in [0.717, 1.165) is 0 Å². The molecular weight excluding hydrogens is 383 g/mol. The SMILES string of the molecule is COC(=O)[C@@H](Cc1c(Cl)cccc1Cl)NC(=O)[C@@H]1C[C@@H](O)CN1C(C)=O. The van der Waals surface area contributed by atoms with Crippen molar-refractivity contribution in [2.75, 3.05) is 13.7 Å². The Morgan fingerprint density at radius 1 is 1.35 bits per heavy atom. The van der Waals surface area contributed by atoms with E-state index in [9.17, 15) is 19.5 Å². The Bertz CT molecular complexity index is 692. The third-order valence-corrected chi connectivity index (χ3v) is 4.97. The number of likely N-dealkylation sites (tertiary alicyclic amines) is 1. The third-order valence-electron chi connectivity index (χ3n) is 4.26. The zero-order valence-electron chi connectivity index (χ0n) is 14.4. The fraction of sp³-hybridized carbons (Fsp3) is 0.471. The first-order valence-corrected chi connectivity index (χ1v) is 8.76. The van der Waals surface area contributed by atoms with Gasteiger partial charge < -0.3 is 20.1 Å². The predicted octanol–water partition coefficient (Wildman–Crippen LogP) is 1.18. The highest BCUT2D eigenvalue weighted by molar-refractivity contribution is 6.36. The highest BCUT2D eigenvalue weighted by atomic mass is 35.5. The molecule has 1 heterocycles. The van der Waals surface area contributed by atoms with Gasteiger partial charge in [-0.15, -0.1) is 0 Å². The maximum absolute atomic E-state index is 12.6. The fourth-order valence-corrected chi connectivity index (χ4v) is 3.50. The summed E-state index contributed by atoms with van der Waals surface area (Å²) >= 11 is 12.3. The number of methoxy groups -OCH3 is 1. The Morgan fingerprint density at radius 2 is 1.96 bits per heavy atom. The van der Waals surface area contributed by atoms with Gasteiger partial charge in [-0.25, -0.2) is 4.79 Å². The van der Waals surface area contributed by atoms with Crippen LogP contribution in [0.25, 0.3) is 0 Å². The summed E-state index contributed by atoms with van der Waals surface area (Å²) in [5.74, 6) is -1.54. The van der Waals surface area contributed by atoms with Crippen molar-refractivity contribution in [1.29, 1.82) is 0 Å². The number of aliphatic hydroxyl groups is 1. The Labute approximate surface area is 161 Å². The normalized spacial score (nSPS) is 20.6. The Morgan fingerprint density at radius 3 is 2.50 bits per heavy atom. The average Bonchev–Trinajstić information content (AvgIpc) is 2.98. The van der Waals surface area contributed by atoms with Gasteiger partial charge >= 0.3 is 5.97 Å². The van der Waals surface area contributed by atoms with Crippen LogP contribution in [0.3, 0.4) is 0 Å². The van der Waals surface area contributed by atoms with Crippen molar-refractivity contribution in [2.45, 2.75) is 38.0 Å². The second-order valence-corrected chi connectivity index (χ2v) is 6.88. The van der Waals surface area contributed by atoms with E-state index in [2.05, 4.69) is 5.32 Å². The van der Waals surface area contributed by atoms with Crippen molar-refractivity contribution in [3.63, 3.8) is 0 Å². The number of carbonyl (C=O) groups is 3. The lowest BCUT2D eigenvalue weighted by atomic mass is 10.0. The van der Waals surface area contributed by atoms with Gasteiger partial charge in [0.25, 0.3) is 0 Å². The van der Waals surface area contributed by atoms with E-state index in [-0.39, 0.29) is 25.3 Å². The van der Waals surface area contributed by atoms with E-state index in [4.69, 9.17) is 27.9 Å². The summed E-state index contributed by atoms with van der Waals surface area (Å²) in [6, 6.07) is 3.05. The zero-order chi connectivity index (χ0) is 19.4. The average molecular weight is 403 g/mol. The lowest BCUT2D eigenvalue weighted by Crippen LogP contribution is -2.51. The molecule has 3 atom stereocenters. The molecular formula is C17H20Cl2N2O5. The van der Waals surface area contributed by atoms with Crippen molar-refractivity contribution in [3.05, 3.63) is 33.8 Å². The molecule has 1 fully saturated rings. The van der Waals surface area contributed by atoms with Crippen LogP contribution in [0, 0.1) is 0 Å². The number of benzene rings is 1. The molecule has 2 rings (SSSR count). The minimum Gasteiger partial charge on any atom is -0.467 e. The number of hydrogen-bond acceptors (Lipinski definition) is 5. The van der Waals surface area contributed by atoms with Gasteiger partial charge in [0.05, 0.1) is 13.2 Å². The molecule has 1 saturated heterocycles. The van der Waals surface area contributed by atoms with Crippen molar-refractivity contribution in [3.8, 4) is 0 Å². The Balaban J connectivity index is 2.19. The predicted molar refractivity (Wildman–Crippen MR) is 95.9 cm³/mol. The Hall–Kier alpha value is -1.83. The molecule has 2 N–H and O–H groups in total. The molecule has 0 radical (unpaired) electrons. The molecule has 0 aromatic heterocycles. The molecule has 2 amide bonds. The Kier molecular flexibility index (Phi) is 6.86. The molecule has 1 aromatic carbocycles. The molecule has 0 unspecified atom stereocenters. The molecule has 0 bridgehead atoms. The molecule has 1 aliphatic heterocycles. The quantitative estimate of drug-likeness (QED) is 0.720. The van der Waals surface area contributed by atoms with E-state index in [0.29, 0.717) is 15.6 Å². The topological polar surface area (TPSA) is 95.9 Å². The lowest BCUT2D eigenvalue weighted by Gasteiger charge is -2.25. The molecule has 0 aliphatic carbocycles. The maximum Gasteiger partial charge on any atom is 0.328 e. The first kappa shape index (κ1) is 20.5. The van der Waals surface area contributed by atoms with Gasteiger partial charge in [0.15, 0.2) is 0 Å². The van der Waals surface area contributed by atoms with Crippen molar-refractivity contribution >= 4 is 41.0 Å². The molecule has 0 spiro atoms. The number of nitrogens with one attached hydrogen (secondary N) is 1. The van der Waals surface area contributed by atoms with Crippen LogP contribution in [0.5, 0.6) is 0 Å². The minimum atomic E-state index is -1.03. The van der Waals surface area contributed by atoms with Crippen LogP contribution in [0.1, 0.15) is 18.9 Å². The van der Waals surface area contributed by atoms with Crippen LogP contribution in [0.4, 0.5) is 0 Å². The summed E-state index contributed by atoms with van der Waals surface area (Å²) in [5.41, 5.74) is 0.501. The van der Waals surface area contributed by atoms with Crippen LogP contribution >= 0.6 is 23.2 Å².